The first-order chi connectivity index (χ1) is 6.43. The third-order valence-electron chi connectivity index (χ3n) is 1.89. The van der Waals surface area contributed by atoms with E-state index in [1.54, 1.807) is 20.9 Å². The number of aryl methyl sites for hydroxylation is 1. The first-order valence-corrected chi connectivity index (χ1v) is 4.13. The molecular formula is C7H13N5O2. The fraction of sp³-hybridized carbons (Fsp3) is 0.714. The van der Waals surface area contributed by atoms with Crippen LogP contribution in [-0.2, 0) is 11.8 Å². The van der Waals surface area contributed by atoms with E-state index in [0.717, 1.165) is 0 Å². The molecule has 0 spiro atoms. The van der Waals surface area contributed by atoms with Crippen LogP contribution in [0.1, 0.15) is 13.8 Å². The SMILES string of the molecule is Cn1nnnc1NCC(C)(C)C(=O)O. The second kappa shape index (κ2) is 3.60. The van der Waals surface area contributed by atoms with E-state index in [1.807, 2.05) is 0 Å². The monoisotopic (exact) mass is 199 g/mol. The maximum Gasteiger partial charge on any atom is 0.310 e. The van der Waals surface area contributed by atoms with E-state index in [2.05, 4.69) is 20.8 Å². The molecular weight excluding hydrogens is 186 g/mol. The molecule has 0 aromatic carbocycles. The minimum atomic E-state index is -0.861. The van der Waals surface area contributed by atoms with E-state index in [9.17, 15) is 4.79 Å². The summed E-state index contributed by atoms with van der Waals surface area (Å²) in [6, 6.07) is 0. The fourth-order valence-electron chi connectivity index (χ4n) is 0.755. The zero-order chi connectivity index (χ0) is 10.8. The number of hydrogen-bond acceptors (Lipinski definition) is 5. The van der Waals surface area contributed by atoms with Gasteiger partial charge < -0.3 is 10.4 Å². The van der Waals surface area contributed by atoms with Gasteiger partial charge in [-0.2, -0.15) is 0 Å². The van der Waals surface area contributed by atoms with E-state index in [4.69, 9.17) is 5.11 Å². The second-order valence-electron chi connectivity index (χ2n) is 3.67. The van der Waals surface area contributed by atoms with Crippen LogP contribution in [0.15, 0.2) is 0 Å². The molecule has 0 amide bonds. The van der Waals surface area contributed by atoms with Gasteiger partial charge in [0.25, 0.3) is 0 Å². The van der Waals surface area contributed by atoms with Crippen molar-refractivity contribution in [3.8, 4) is 0 Å². The van der Waals surface area contributed by atoms with Crippen LogP contribution in [0.3, 0.4) is 0 Å². The Hall–Kier alpha value is -1.66. The number of aliphatic carboxylic acids is 1. The average Bonchev–Trinajstić information content (AvgIpc) is 2.47. The van der Waals surface area contributed by atoms with Gasteiger partial charge >= 0.3 is 5.97 Å². The molecule has 1 aromatic rings. The predicted molar refractivity (Wildman–Crippen MR) is 48.7 cm³/mol. The molecule has 1 aromatic heterocycles. The Morgan fingerprint density at radius 2 is 2.29 bits per heavy atom. The van der Waals surface area contributed by atoms with E-state index in [0.29, 0.717) is 5.95 Å². The molecule has 0 bridgehead atoms. The van der Waals surface area contributed by atoms with Gasteiger partial charge in [-0.15, -0.1) is 0 Å². The molecule has 14 heavy (non-hydrogen) atoms. The number of nitrogens with zero attached hydrogens (tertiary/aromatic N) is 4. The number of anilines is 1. The molecule has 0 atom stereocenters. The lowest BCUT2D eigenvalue weighted by Gasteiger charge is -2.18. The largest absolute Gasteiger partial charge is 0.481 e. The topological polar surface area (TPSA) is 92.9 Å². The van der Waals surface area contributed by atoms with Gasteiger partial charge in [-0.1, -0.05) is 5.10 Å². The minimum absolute atomic E-state index is 0.274. The van der Waals surface area contributed by atoms with Gasteiger partial charge in [-0.3, -0.25) is 4.79 Å². The van der Waals surface area contributed by atoms with Crippen LogP contribution in [0, 0.1) is 5.41 Å². The van der Waals surface area contributed by atoms with Crippen LogP contribution in [-0.4, -0.2) is 37.8 Å². The molecule has 0 aliphatic rings. The molecule has 0 saturated heterocycles. The Morgan fingerprint density at radius 1 is 1.64 bits per heavy atom. The van der Waals surface area contributed by atoms with E-state index in [1.165, 1.54) is 4.68 Å². The molecule has 7 nitrogen and oxygen atoms in total. The molecule has 7 heteroatoms. The number of tetrazole rings is 1. The number of carboxylic acid groups (broad SMARTS) is 1. The summed E-state index contributed by atoms with van der Waals surface area (Å²) >= 11 is 0. The van der Waals surface area contributed by atoms with E-state index in [-0.39, 0.29) is 6.54 Å². The van der Waals surface area contributed by atoms with Gasteiger partial charge in [-0.05, 0) is 24.3 Å². The number of carboxylic acids is 1. The van der Waals surface area contributed by atoms with Crippen LogP contribution >= 0.6 is 0 Å². The quantitative estimate of drug-likeness (QED) is 0.693. The first kappa shape index (κ1) is 10.4. The zero-order valence-corrected chi connectivity index (χ0v) is 8.35. The lowest BCUT2D eigenvalue weighted by molar-refractivity contribution is -0.146. The molecule has 0 saturated carbocycles. The van der Waals surface area contributed by atoms with Crippen molar-refractivity contribution in [1.82, 2.24) is 20.2 Å². The van der Waals surface area contributed by atoms with Crippen molar-refractivity contribution < 1.29 is 9.90 Å². The Labute approximate surface area is 81.1 Å². The van der Waals surface area contributed by atoms with Crippen molar-refractivity contribution >= 4 is 11.9 Å². The van der Waals surface area contributed by atoms with Crippen molar-refractivity contribution in [2.24, 2.45) is 12.5 Å². The highest BCUT2D eigenvalue weighted by Gasteiger charge is 2.27. The predicted octanol–water partition coefficient (Wildman–Crippen LogP) is -0.267. The minimum Gasteiger partial charge on any atom is -0.481 e. The Balaban J connectivity index is 2.57. The molecule has 0 fully saturated rings. The average molecular weight is 199 g/mol. The Morgan fingerprint density at radius 3 is 2.71 bits per heavy atom. The van der Waals surface area contributed by atoms with E-state index >= 15 is 0 Å². The summed E-state index contributed by atoms with van der Waals surface area (Å²) in [5.41, 5.74) is -0.841. The van der Waals surface area contributed by atoms with Gasteiger partial charge in [0, 0.05) is 13.6 Å². The smallest absolute Gasteiger partial charge is 0.310 e. The van der Waals surface area contributed by atoms with Crippen LogP contribution in [0.2, 0.25) is 0 Å². The number of carbonyl (C=O) groups is 1. The highest BCUT2D eigenvalue weighted by atomic mass is 16.4. The number of nitrogens with one attached hydrogen (secondary N) is 1. The Bertz CT molecular complexity index is 333. The molecule has 78 valence electrons. The fourth-order valence-corrected chi connectivity index (χ4v) is 0.755. The summed E-state index contributed by atoms with van der Waals surface area (Å²) in [5.74, 6) is -0.403. The second-order valence-corrected chi connectivity index (χ2v) is 3.67. The lowest BCUT2D eigenvalue weighted by Crippen LogP contribution is -2.32. The molecule has 0 aliphatic heterocycles. The van der Waals surface area contributed by atoms with Gasteiger partial charge in [0.1, 0.15) is 0 Å². The summed E-state index contributed by atoms with van der Waals surface area (Å²) in [4.78, 5) is 10.8. The molecule has 1 heterocycles. The summed E-state index contributed by atoms with van der Waals surface area (Å²) in [6.07, 6.45) is 0. The highest BCUT2D eigenvalue weighted by molar-refractivity contribution is 5.74. The van der Waals surface area contributed by atoms with Crippen LogP contribution in [0.5, 0.6) is 0 Å². The van der Waals surface area contributed by atoms with Crippen molar-refractivity contribution in [3.05, 3.63) is 0 Å². The maximum absolute atomic E-state index is 10.8. The first-order valence-electron chi connectivity index (χ1n) is 4.13. The maximum atomic E-state index is 10.8. The molecule has 0 radical (unpaired) electrons. The van der Waals surface area contributed by atoms with Gasteiger partial charge in [0.15, 0.2) is 0 Å². The van der Waals surface area contributed by atoms with Gasteiger partial charge in [0.2, 0.25) is 5.95 Å². The van der Waals surface area contributed by atoms with Crippen molar-refractivity contribution in [1.29, 1.82) is 0 Å². The van der Waals surface area contributed by atoms with Gasteiger partial charge in [-0.25, -0.2) is 4.68 Å². The normalized spacial score (nSPS) is 11.4. The third kappa shape index (κ3) is 2.18. The third-order valence-corrected chi connectivity index (χ3v) is 1.89. The van der Waals surface area contributed by atoms with Crippen molar-refractivity contribution in [3.63, 3.8) is 0 Å². The van der Waals surface area contributed by atoms with Crippen molar-refractivity contribution in [2.75, 3.05) is 11.9 Å². The number of hydrogen-bond donors (Lipinski definition) is 2. The summed E-state index contributed by atoms with van der Waals surface area (Å²) < 4.78 is 1.44. The summed E-state index contributed by atoms with van der Waals surface area (Å²) in [7, 11) is 1.68. The number of aromatic nitrogens is 4. The van der Waals surface area contributed by atoms with Crippen LogP contribution in [0.25, 0.3) is 0 Å². The molecule has 1 rings (SSSR count). The molecule has 0 unspecified atom stereocenters. The lowest BCUT2D eigenvalue weighted by atomic mass is 9.94. The van der Waals surface area contributed by atoms with Crippen molar-refractivity contribution in [2.45, 2.75) is 13.8 Å². The standard InChI is InChI=1S/C7H13N5O2/c1-7(2,5(13)14)4-8-6-9-10-11-12(6)3/h4H2,1-3H3,(H,13,14)(H,8,9,11). The van der Waals surface area contributed by atoms with Gasteiger partial charge in [0.05, 0.1) is 5.41 Å². The molecule has 0 aliphatic carbocycles. The number of rotatable bonds is 4. The molecule has 2 N–H and O–H groups in total. The summed E-state index contributed by atoms with van der Waals surface area (Å²) in [5, 5.41) is 22.4. The Kier molecular flexibility index (Phi) is 2.68. The van der Waals surface area contributed by atoms with Crippen LogP contribution < -0.4 is 5.32 Å². The zero-order valence-electron chi connectivity index (χ0n) is 8.35. The summed E-state index contributed by atoms with van der Waals surface area (Å²) in [6.45, 7) is 3.54. The van der Waals surface area contributed by atoms with Crippen LogP contribution in [0.4, 0.5) is 5.95 Å². The highest BCUT2D eigenvalue weighted by Crippen LogP contribution is 2.15. The van der Waals surface area contributed by atoms with E-state index < -0.39 is 11.4 Å².